The van der Waals surface area contributed by atoms with Gasteiger partial charge in [0.1, 0.15) is 11.9 Å². The highest BCUT2D eigenvalue weighted by atomic mass is 35.5. The van der Waals surface area contributed by atoms with Crippen molar-refractivity contribution in [3.05, 3.63) is 22.8 Å². The molecule has 0 aromatic carbocycles. The van der Waals surface area contributed by atoms with E-state index in [1.54, 1.807) is 19.2 Å². The summed E-state index contributed by atoms with van der Waals surface area (Å²) in [5, 5.41) is 3.03. The van der Waals surface area contributed by atoms with Gasteiger partial charge in [-0.05, 0) is 13.0 Å². The number of rotatable bonds is 0. The summed E-state index contributed by atoms with van der Waals surface area (Å²) < 4.78 is 4.92. The first-order valence-electron chi connectivity index (χ1n) is 3.80. The Hall–Kier alpha value is -1.29. The number of cyclic esters (lactones) is 1. The van der Waals surface area contributed by atoms with Crippen LogP contribution in [0, 0.1) is 0 Å². The van der Waals surface area contributed by atoms with Crippen LogP contribution in [0.5, 0.6) is 0 Å². The fourth-order valence-electron chi connectivity index (χ4n) is 1.28. The predicted molar refractivity (Wildman–Crippen MR) is 47.8 cm³/mol. The molecule has 2 rings (SSSR count). The normalized spacial score (nSPS) is 20.2. The topological polar surface area (TPSA) is 51.2 Å². The summed E-state index contributed by atoms with van der Waals surface area (Å²) >= 11 is 5.91. The third-order valence-electron chi connectivity index (χ3n) is 1.85. The van der Waals surface area contributed by atoms with Gasteiger partial charge >= 0.3 is 6.09 Å². The minimum atomic E-state index is -0.491. The van der Waals surface area contributed by atoms with E-state index in [0.717, 1.165) is 5.56 Å². The van der Waals surface area contributed by atoms with Gasteiger partial charge in [-0.2, -0.15) is 0 Å². The van der Waals surface area contributed by atoms with Gasteiger partial charge in [-0.25, -0.2) is 9.78 Å². The van der Waals surface area contributed by atoms with Gasteiger partial charge in [0.2, 0.25) is 0 Å². The molecule has 1 aliphatic heterocycles. The molecule has 0 bridgehead atoms. The molecule has 5 heteroatoms. The van der Waals surface area contributed by atoms with Crippen LogP contribution in [0.15, 0.2) is 12.3 Å². The molecule has 0 radical (unpaired) electrons. The Morgan fingerprint density at radius 1 is 1.69 bits per heavy atom. The number of amides is 1. The summed E-state index contributed by atoms with van der Waals surface area (Å²) in [6.07, 6.45) is 0.708. The molecule has 1 aromatic heterocycles. The highest BCUT2D eigenvalue weighted by Gasteiger charge is 2.25. The standard InChI is InChI=1S/C8H7ClN2O2/c1-4-6-5(9)2-3-10-7(6)11-8(12)13-4/h2-4H,1H3,(H,10,11,12). The van der Waals surface area contributed by atoms with E-state index in [1.165, 1.54) is 0 Å². The maximum Gasteiger partial charge on any atom is 0.413 e. The van der Waals surface area contributed by atoms with Crippen LogP contribution >= 0.6 is 11.6 Å². The number of aromatic nitrogens is 1. The first kappa shape index (κ1) is 8.31. The Balaban J connectivity index is 2.55. The van der Waals surface area contributed by atoms with Crippen molar-refractivity contribution < 1.29 is 9.53 Å². The molecule has 1 unspecified atom stereocenters. The second-order valence-electron chi connectivity index (χ2n) is 2.73. The molecule has 0 spiro atoms. The van der Waals surface area contributed by atoms with Gasteiger partial charge in [-0.15, -0.1) is 0 Å². The fraction of sp³-hybridized carbons (Fsp3) is 0.250. The van der Waals surface area contributed by atoms with E-state index in [0.29, 0.717) is 10.8 Å². The zero-order valence-electron chi connectivity index (χ0n) is 6.87. The second-order valence-corrected chi connectivity index (χ2v) is 3.13. The van der Waals surface area contributed by atoms with Crippen LogP contribution in [0.2, 0.25) is 5.02 Å². The molecule has 13 heavy (non-hydrogen) atoms. The van der Waals surface area contributed by atoms with E-state index in [4.69, 9.17) is 16.3 Å². The number of nitrogens with zero attached hydrogens (tertiary/aromatic N) is 1. The molecule has 0 fully saturated rings. The lowest BCUT2D eigenvalue weighted by Crippen LogP contribution is -2.24. The number of carbonyl (C=O) groups is 1. The molecule has 1 N–H and O–H groups in total. The molecule has 0 aliphatic carbocycles. The van der Waals surface area contributed by atoms with Crippen molar-refractivity contribution in [2.45, 2.75) is 13.0 Å². The summed E-state index contributed by atoms with van der Waals surface area (Å²) in [6.45, 7) is 1.76. The number of halogens is 1. The summed E-state index contributed by atoms with van der Waals surface area (Å²) in [4.78, 5) is 14.9. The number of fused-ring (bicyclic) bond motifs is 1. The third-order valence-corrected chi connectivity index (χ3v) is 2.18. The molecule has 68 valence electrons. The summed E-state index contributed by atoms with van der Waals surface area (Å²) in [5.41, 5.74) is 0.726. The predicted octanol–water partition coefficient (Wildman–Crippen LogP) is 2.36. The van der Waals surface area contributed by atoms with Gasteiger partial charge in [0.05, 0.1) is 10.6 Å². The third kappa shape index (κ3) is 1.33. The lowest BCUT2D eigenvalue weighted by molar-refractivity contribution is 0.116. The molecule has 2 heterocycles. The molecule has 0 saturated heterocycles. The van der Waals surface area contributed by atoms with E-state index >= 15 is 0 Å². The Labute approximate surface area is 79.9 Å². The largest absolute Gasteiger partial charge is 0.441 e. The van der Waals surface area contributed by atoms with Crippen LogP contribution < -0.4 is 5.32 Å². The van der Waals surface area contributed by atoms with Gasteiger partial charge in [0, 0.05) is 6.20 Å². The molecular weight excluding hydrogens is 192 g/mol. The monoisotopic (exact) mass is 198 g/mol. The van der Waals surface area contributed by atoms with Crippen molar-refractivity contribution in [2.75, 3.05) is 5.32 Å². The number of hydrogen-bond donors (Lipinski definition) is 1. The van der Waals surface area contributed by atoms with Crippen molar-refractivity contribution >= 4 is 23.5 Å². The minimum absolute atomic E-state index is 0.343. The van der Waals surface area contributed by atoms with Crippen molar-refractivity contribution in [3.63, 3.8) is 0 Å². The number of anilines is 1. The fourth-order valence-corrected chi connectivity index (χ4v) is 1.58. The van der Waals surface area contributed by atoms with Crippen LogP contribution in [0.25, 0.3) is 0 Å². The van der Waals surface area contributed by atoms with E-state index in [1.807, 2.05) is 0 Å². The lowest BCUT2D eigenvalue weighted by Gasteiger charge is -2.22. The van der Waals surface area contributed by atoms with E-state index < -0.39 is 6.09 Å². The van der Waals surface area contributed by atoms with Crippen LogP contribution in [-0.2, 0) is 4.74 Å². The maximum atomic E-state index is 10.9. The highest BCUT2D eigenvalue weighted by Crippen LogP contribution is 2.33. The highest BCUT2D eigenvalue weighted by molar-refractivity contribution is 6.31. The molecule has 4 nitrogen and oxygen atoms in total. The van der Waals surface area contributed by atoms with Crippen LogP contribution in [0.3, 0.4) is 0 Å². The number of ether oxygens (including phenoxy) is 1. The van der Waals surface area contributed by atoms with Crippen molar-refractivity contribution in [1.29, 1.82) is 0 Å². The Bertz CT molecular complexity index is 367. The Morgan fingerprint density at radius 2 is 2.46 bits per heavy atom. The smallest absolute Gasteiger partial charge is 0.413 e. The number of hydrogen-bond acceptors (Lipinski definition) is 3. The molecule has 1 atom stereocenters. The second kappa shape index (κ2) is 2.88. The zero-order valence-corrected chi connectivity index (χ0v) is 7.63. The average Bonchev–Trinajstić information content (AvgIpc) is 2.02. The van der Waals surface area contributed by atoms with Crippen molar-refractivity contribution in [3.8, 4) is 0 Å². The van der Waals surface area contributed by atoms with E-state index in [-0.39, 0.29) is 6.10 Å². The zero-order chi connectivity index (χ0) is 9.42. The summed E-state index contributed by atoms with van der Waals surface area (Å²) in [6, 6.07) is 1.66. The SMILES string of the molecule is CC1OC(=O)Nc2nccc(Cl)c21. The Kier molecular flexibility index (Phi) is 1.84. The van der Waals surface area contributed by atoms with Crippen LogP contribution in [0.4, 0.5) is 10.6 Å². The van der Waals surface area contributed by atoms with Crippen molar-refractivity contribution in [2.24, 2.45) is 0 Å². The molecular formula is C8H7ClN2O2. The number of pyridine rings is 1. The summed E-state index contributed by atoms with van der Waals surface area (Å²) in [7, 11) is 0. The molecule has 1 amide bonds. The molecule has 1 aromatic rings. The van der Waals surface area contributed by atoms with Gasteiger partial charge in [0.15, 0.2) is 0 Å². The van der Waals surface area contributed by atoms with Crippen molar-refractivity contribution in [1.82, 2.24) is 4.98 Å². The molecule has 0 saturated carbocycles. The number of nitrogens with one attached hydrogen (secondary N) is 1. The van der Waals surface area contributed by atoms with Gasteiger partial charge in [-0.1, -0.05) is 11.6 Å². The first-order chi connectivity index (χ1) is 6.18. The number of carbonyl (C=O) groups excluding carboxylic acids is 1. The van der Waals surface area contributed by atoms with Crippen LogP contribution in [-0.4, -0.2) is 11.1 Å². The lowest BCUT2D eigenvalue weighted by atomic mass is 10.1. The van der Waals surface area contributed by atoms with E-state index in [9.17, 15) is 4.79 Å². The van der Waals surface area contributed by atoms with Gasteiger partial charge in [-0.3, -0.25) is 5.32 Å². The average molecular weight is 199 g/mol. The minimum Gasteiger partial charge on any atom is -0.441 e. The van der Waals surface area contributed by atoms with Gasteiger partial charge in [0.25, 0.3) is 0 Å². The van der Waals surface area contributed by atoms with E-state index in [2.05, 4.69) is 10.3 Å². The first-order valence-corrected chi connectivity index (χ1v) is 4.18. The molecule has 1 aliphatic rings. The quantitative estimate of drug-likeness (QED) is 0.696. The maximum absolute atomic E-state index is 10.9. The van der Waals surface area contributed by atoms with Gasteiger partial charge < -0.3 is 4.74 Å². The van der Waals surface area contributed by atoms with Crippen LogP contribution in [0.1, 0.15) is 18.6 Å². The Morgan fingerprint density at radius 3 is 3.23 bits per heavy atom. The summed E-state index contributed by atoms with van der Waals surface area (Å²) in [5.74, 6) is 0.483.